The molecule has 1 saturated carbocycles. The van der Waals surface area contributed by atoms with Gasteiger partial charge >= 0.3 is 5.97 Å². The van der Waals surface area contributed by atoms with E-state index < -0.39 is 0 Å². The zero-order valence-corrected chi connectivity index (χ0v) is 12.4. The standard InChI is InChI=1S/C14H26NO2.ClH/c1-4-14(16)17-12-8-11-15(2,3)13-9-6-5-7-10-13;/h4,13H,1,5-12H2,2-3H3;1H/q+1;/p-1. The van der Waals surface area contributed by atoms with Gasteiger partial charge in [-0.3, -0.25) is 0 Å². The van der Waals surface area contributed by atoms with Crippen molar-refractivity contribution in [1.82, 2.24) is 0 Å². The minimum Gasteiger partial charge on any atom is -1.00 e. The molecule has 106 valence electrons. The van der Waals surface area contributed by atoms with Crippen molar-refractivity contribution in [2.45, 2.75) is 44.6 Å². The first kappa shape index (κ1) is 17.5. The highest BCUT2D eigenvalue weighted by atomic mass is 35.5. The first-order chi connectivity index (χ1) is 8.06. The quantitative estimate of drug-likeness (QED) is 0.283. The molecule has 18 heavy (non-hydrogen) atoms. The number of carbonyl (C=O) groups is 1. The Kier molecular flexibility index (Phi) is 8.29. The second-order valence-corrected chi connectivity index (χ2v) is 5.52. The Balaban J connectivity index is 0.00000289. The Morgan fingerprint density at radius 3 is 2.50 bits per heavy atom. The van der Waals surface area contributed by atoms with E-state index in [4.69, 9.17) is 4.74 Å². The first-order valence-corrected chi connectivity index (χ1v) is 6.68. The Morgan fingerprint density at radius 1 is 1.33 bits per heavy atom. The molecule has 0 N–H and O–H groups in total. The second-order valence-electron chi connectivity index (χ2n) is 5.52. The third-order valence-corrected chi connectivity index (χ3v) is 3.85. The van der Waals surface area contributed by atoms with Crippen molar-refractivity contribution in [3.63, 3.8) is 0 Å². The second kappa shape index (κ2) is 8.54. The van der Waals surface area contributed by atoms with Crippen LogP contribution in [0.4, 0.5) is 0 Å². The van der Waals surface area contributed by atoms with Gasteiger partial charge in [-0.1, -0.05) is 13.0 Å². The Bertz CT molecular complexity index is 261. The van der Waals surface area contributed by atoms with Crippen LogP contribution in [-0.4, -0.2) is 43.7 Å². The van der Waals surface area contributed by atoms with Gasteiger partial charge < -0.3 is 21.6 Å². The number of nitrogens with zero attached hydrogens (tertiary/aromatic N) is 1. The van der Waals surface area contributed by atoms with Gasteiger partial charge in [0.15, 0.2) is 0 Å². The molecule has 0 aromatic carbocycles. The van der Waals surface area contributed by atoms with Gasteiger partial charge in [0.25, 0.3) is 0 Å². The molecule has 0 amide bonds. The summed E-state index contributed by atoms with van der Waals surface area (Å²) in [5.74, 6) is -0.312. The number of hydrogen-bond donors (Lipinski definition) is 0. The fraction of sp³-hybridized carbons (Fsp3) is 0.786. The summed E-state index contributed by atoms with van der Waals surface area (Å²) in [5, 5.41) is 0. The number of quaternary nitrogens is 1. The Hall–Kier alpha value is -0.540. The van der Waals surface area contributed by atoms with Crippen molar-refractivity contribution >= 4 is 5.97 Å². The van der Waals surface area contributed by atoms with Gasteiger partial charge in [0.2, 0.25) is 0 Å². The van der Waals surface area contributed by atoms with Gasteiger partial charge in [-0.2, -0.15) is 0 Å². The number of halogens is 1. The van der Waals surface area contributed by atoms with Crippen molar-refractivity contribution in [3.05, 3.63) is 12.7 Å². The fourth-order valence-corrected chi connectivity index (χ4v) is 2.67. The lowest BCUT2D eigenvalue weighted by Gasteiger charge is -2.40. The van der Waals surface area contributed by atoms with Crippen LogP contribution in [0.15, 0.2) is 12.7 Å². The highest BCUT2D eigenvalue weighted by Crippen LogP contribution is 2.25. The van der Waals surface area contributed by atoms with Gasteiger partial charge in [0.1, 0.15) is 0 Å². The maximum atomic E-state index is 10.9. The molecule has 3 nitrogen and oxygen atoms in total. The van der Waals surface area contributed by atoms with Crippen LogP contribution in [0.2, 0.25) is 0 Å². The molecule has 0 heterocycles. The number of hydrogen-bond acceptors (Lipinski definition) is 2. The molecular formula is C14H26ClNO2. The van der Waals surface area contributed by atoms with E-state index >= 15 is 0 Å². The van der Waals surface area contributed by atoms with E-state index in [0.717, 1.165) is 23.5 Å². The molecule has 0 unspecified atom stereocenters. The van der Waals surface area contributed by atoms with Crippen molar-refractivity contribution in [2.75, 3.05) is 27.2 Å². The van der Waals surface area contributed by atoms with E-state index in [9.17, 15) is 4.79 Å². The molecule has 1 aliphatic rings. The van der Waals surface area contributed by atoms with Gasteiger partial charge in [-0.05, 0) is 25.7 Å². The highest BCUT2D eigenvalue weighted by Gasteiger charge is 2.29. The summed E-state index contributed by atoms with van der Waals surface area (Å²) in [5.41, 5.74) is 0. The van der Waals surface area contributed by atoms with Crippen LogP contribution < -0.4 is 12.4 Å². The average molecular weight is 276 g/mol. The van der Waals surface area contributed by atoms with Crippen LogP contribution >= 0.6 is 0 Å². The molecule has 4 heteroatoms. The van der Waals surface area contributed by atoms with E-state index in [-0.39, 0.29) is 18.4 Å². The molecular weight excluding hydrogens is 250 g/mol. The molecule has 0 radical (unpaired) electrons. The molecule has 1 aliphatic carbocycles. The maximum Gasteiger partial charge on any atom is 0.330 e. The number of rotatable bonds is 6. The molecule has 0 spiro atoms. The zero-order chi connectivity index (χ0) is 12.7. The normalized spacial score (nSPS) is 16.8. The zero-order valence-electron chi connectivity index (χ0n) is 11.7. The number of esters is 1. The summed E-state index contributed by atoms with van der Waals surface area (Å²) >= 11 is 0. The van der Waals surface area contributed by atoms with Crippen LogP contribution in [0, 0.1) is 0 Å². The van der Waals surface area contributed by atoms with E-state index in [2.05, 4.69) is 20.7 Å². The smallest absolute Gasteiger partial charge is 0.330 e. The topological polar surface area (TPSA) is 26.3 Å². The van der Waals surface area contributed by atoms with Gasteiger partial charge in [-0.15, -0.1) is 0 Å². The molecule has 0 aromatic heterocycles. The van der Waals surface area contributed by atoms with Crippen molar-refractivity contribution < 1.29 is 26.4 Å². The fourth-order valence-electron chi connectivity index (χ4n) is 2.67. The lowest BCUT2D eigenvalue weighted by Crippen LogP contribution is -3.00. The summed E-state index contributed by atoms with van der Waals surface area (Å²) in [6, 6.07) is 0.791. The molecule has 1 rings (SSSR count). The summed E-state index contributed by atoms with van der Waals surface area (Å²) < 4.78 is 6.07. The average Bonchev–Trinajstić information content (AvgIpc) is 2.35. The van der Waals surface area contributed by atoms with Crippen molar-refractivity contribution in [3.8, 4) is 0 Å². The molecule has 0 saturated heterocycles. The summed E-state index contributed by atoms with van der Waals surface area (Å²) in [7, 11) is 4.59. The Labute approximate surface area is 117 Å². The summed E-state index contributed by atoms with van der Waals surface area (Å²) in [6.45, 7) is 4.97. The van der Waals surface area contributed by atoms with Gasteiger partial charge in [0.05, 0.1) is 33.3 Å². The Morgan fingerprint density at radius 2 is 1.94 bits per heavy atom. The SMILES string of the molecule is C=CC(=O)OCCC[N+](C)(C)C1CCCCC1.[Cl-]. The predicted octanol–water partition coefficient (Wildman–Crippen LogP) is -0.481. The van der Waals surface area contributed by atoms with Gasteiger partial charge in [-0.25, -0.2) is 4.79 Å². The van der Waals surface area contributed by atoms with Crippen LogP contribution in [-0.2, 0) is 9.53 Å². The number of carbonyl (C=O) groups excluding carboxylic acids is 1. The van der Waals surface area contributed by atoms with Crippen LogP contribution in [0.5, 0.6) is 0 Å². The van der Waals surface area contributed by atoms with E-state index in [1.54, 1.807) is 0 Å². The van der Waals surface area contributed by atoms with Crippen molar-refractivity contribution in [1.29, 1.82) is 0 Å². The third kappa shape index (κ3) is 5.87. The maximum absolute atomic E-state index is 10.9. The highest BCUT2D eigenvalue weighted by molar-refractivity contribution is 5.81. The summed E-state index contributed by atoms with van der Waals surface area (Å²) in [4.78, 5) is 10.9. The first-order valence-electron chi connectivity index (χ1n) is 6.68. The molecule has 0 aliphatic heterocycles. The van der Waals surface area contributed by atoms with E-state index in [1.807, 2.05) is 0 Å². The van der Waals surface area contributed by atoms with E-state index in [1.165, 1.54) is 38.2 Å². The monoisotopic (exact) mass is 275 g/mol. The van der Waals surface area contributed by atoms with Crippen molar-refractivity contribution in [2.24, 2.45) is 0 Å². The number of ether oxygens (including phenoxy) is 1. The lowest BCUT2D eigenvalue weighted by molar-refractivity contribution is -0.916. The third-order valence-electron chi connectivity index (χ3n) is 3.85. The largest absolute Gasteiger partial charge is 1.00 e. The summed E-state index contributed by atoms with van der Waals surface area (Å²) in [6.07, 6.45) is 8.99. The molecule has 0 atom stereocenters. The van der Waals surface area contributed by atoms with Gasteiger partial charge in [0, 0.05) is 12.5 Å². The van der Waals surface area contributed by atoms with E-state index in [0.29, 0.717) is 6.61 Å². The minimum absolute atomic E-state index is 0. The molecule has 1 fully saturated rings. The van der Waals surface area contributed by atoms with Crippen LogP contribution in [0.3, 0.4) is 0 Å². The lowest BCUT2D eigenvalue weighted by atomic mass is 9.93. The van der Waals surface area contributed by atoms with Crippen LogP contribution in [0.25, 0.3) is 0 Å². The minimum atomic E-state index is -0.312. The van der Waals surface area contributed by atoms with Crippen LogP contribution in [0.1, 0.15) is 38.5 Å². The predicted molar refractivity (Wildman–Crippen MR) is 69.6 cm³/mol. The molecule has 0 aromatic rings. The molecule has 0 bridgehead atoms.